The molecule has 1 aromatic carbocycles. The summed E-state index contributed by atoms with van der Waals surface area (Å²) >= 11 is 0. The van der Waals surface area contributed by atoms with Crippen molar-refractivity contribution in [3.05, 3.63) is 30.2 Å². The second-order valence-corrected chi connectivity index (χ2v) is 8.46. The van der Waals surface area contributed by atoms with Gasteiger partial charge in [-0.3, -0.25) is 4.68 Å². The molecule has 1 aliphatic carbocycles. The molecule has 162 valence electrons. The molecule has 0 saturated heterocycles. The number of imidazole rings is 1. The maximum atomic E-state index is 9.46. The van der Waals surface area contributed by atoms with Crippen LogP contribution in [-0.2, 0) is 14.1 Å². The lowest BCUT2D eigenvalue weighted by molar-refractivity contribution is 0.131. The molecule has 1 fully saturated rings. The van der Waals surface area contributed by atoms with Gasteiger partial charge in [-0.2, -0.15) is 5.10 Å². The maximum Gasteiger partial charge on any atom is 0.152 e. The fraction of sp³-hybridized carbons (Fsp3) is 0.545. The van der Waals surface area contributed by atoms with Crippen LogP contribution in [-0.4, -0.2) is 49.2 Å². The highest BCUT2D eigenvalue weighted by atomic mass is 16.5. The predicted octanol–water partition coefficient (Wildman–Crippen LogP) is 3.02. The number of aliphatic hydroxyl groups is 1. The highest BCUT2D eigenvalue weighted by Crippen LogP contribution is 2.32. The summed E-state index contributed by atoms with van der Waals surface area (Å²) in [5.41, 5.74) is 3.91. The standard InChI is InChI=1S/C22H32N6O2/c1-14-9-21(26-28(14)4)25-19-10-18(11-20-22(19)24-13-27(20)3)30-17-7-5-16(6-8-17)23-12-15(2)29/h9-11,13,15-17,23,29H,5-8,12H2,1-4H3,(H,25,26)/t15-,16?,17?/m0/s1. The van der Waals surface area contributed by atoms with Gasteiger partial charge in [-0.15, -0.1) is 0 Å². The summed E-state index contributed by atoms with van der Waals surface area (Å²) in [6.07, 6.45) is 5.84. The van der Waals surface area contributed by atoms with Crippen LogP contribution in [0.5, 0.6) is 5.75 Å². The third-order valence-corrected chi connectivity index (χ3v) is 5.86. The van der Waals surface area contributed by atoms with Crippen LogP contribution < -0.4 is 15.4 Å². The van der Waals surface area contributed by atoms with Gasteiger partial charge in [0.25, 0.3) is 0 Å². The molecule has 0 aliphatic heterocycles. The summed E-state index contributed by atoms with van der Waals surface area (Å²) in [7, 11) is 3.93. The first-order chi connectivity index (χ1) is 14.4. The molecule has 1 atom stereocenters. The van der Waals surface area contributed by atoms with Crippen molar-refractivity contribution in [3.8, 4) is 5.75 Å². The van der Waals surface area contributed by atoms with E-state index in [9.17, 15) is 5.11 Å². The molecule has 1 aliphatic rings. The fourth-order valence-corrected chi connectivity index (χ4v) is 4.04. The van der Waals surface area contributed by atoms with Crippen LogP contribution in [0.15, 0.2) is 24.5 Å². The van der Waals surface area contributed by atoms with E-state index in [1.807, 2.05) is 55.7 Å². The average Bonchev–Trinajstić information content (AvgIpc) is 3.23. The quantitative estimate of drug-likeness (QED) is 0.553. The molecule has 3 N–H and O–H groups in total. The van der Waals surface area contributed by atoms with Crippen LogP contribution >= 0.6 is 0 Å². The Morgan fingerprint density at radius 1 is 1.20 bits per heavy atom. The van der Waals surface area contributed by atoms with E-state index in [0.717, 1.165) is 59.7 Å². The van der Waals surface area contributed by atoms with Crippen LogP contribution in [0, 0.1) is 6.92 Å². The summed E-state index contributed by atoms with van der Waals surface area (Å²) in [4.78, 5) is 4.56. The summed E-state index contributed by atoms with van der Waals surface area (Å²) in [6.45, 7) is 4.49. The van der Waals surface area contributed by atoms with Gasteiger partial charge >= 0.3 is 0 Å². The van der Waals surface area contributed by atoms with E-state index in [2.05, 4.69) is 26.8 Å². The van der Waals surface area contributed by atoms with Crippen LogP contribution in [0.3, 0.4) is 0 Å². The third kappa shape index (κ3) is 4.60. The first-order valence-corrected chi connectivity index (χ1v) is 10.7. The predicted molar refractivity (Wildman–Crippen MR) is 118 cm³/mol. The smallest absolute Gasteiger partial charge is 0.152 e. The van der Waals surface area contributed by atoms with Gasteiger partial charge in [0.2, 0.25) is 0 Å². The van der Waals surface area contributed by atoms with Crippen molar-refractivity contribution in [1.29, 1.82) is 0 Å². The number of benzene rings is 1. The van der Waals surface area contributed by atoms with Crippen molar-refractivity contribution in [2.24, 2.45) is 14.1 Å². The number of fused-ring (bicyclic) bond motifs is 1. The van der Waals surface area contributed by atoms with Gasteiger partial charge < -0.3 is 25.0 Å². The van der Waals surface area contributed by atoms with Gasteiger partial charge in [-0.1, -0.05) is 0 Å². The van der Waals surface area contributed by atoms with Gasteiger partial charge in [0.1, 0.15) is 11.3 Å². The van der Waals surface area contributed by atoms with Gasteiger partial charge in [0, 0.05) is 50.6 Å². The Bertz CT molecular complexity index is 981. The minimum Gasteiger partial charge on any atom is -0.490 e. The molecule has 0 amide bonds. The Labute approximate surface area is 177 Å². The fourth-order valence-electron chi connectivity index (χ4n) is 4.04. The summed E-state index contributed by atoms with van der Waals surface area (Å²) < 4.78 is 10.2. The van der Waals surface area contributed by atoms with Crippen molar-refractivity contribution in [2.45, 2.75) is 57.8 Å². The molecule has 0 unspecified atom stereocenters. The van der Waals surface area contributed by atoms with Crippen molar-refractivity contribution in [3.63, 3.8) is 0 Å². The SMILES string of the molecule is Cc1cc(Nc2cc(OC3CCC(NC[C@H](C)O)CC3)cc3c2ncn3C)nn1C. The van der Waals surface area contributed by atoms with E-state index in [1.165, 1.54) is 0 Å². The van der Waals surface area contributed by atoms with Crippen LogP contribution in [0.1, 0.15) is 38.3 Å². The van der Waals surface area contributed by atoms with E-state index >= 15 is 0 Å². The molecule has 2 heterocycles. The minimum atomic E-state index is -0.307. The minimum absolute atomic E-state index is 0.199. The lowest BCUT2D eigenvalue weighted by Crippen LogP contribution is -2.39. The Kier molecular flexibility index (Phi) is 5.97. The lowest BCUT2D eigenvalue weighted by Gasteiger charge is -2.30. The topological polar surface area (TPSA) is 89.2 Å². The molecule has 3 aromatic rings. The Morgan fingerprint density at radius 3 is 2.63 bits per heavy atom. The molecular weight excluding hydrogens is 380 g/mol. The molecule has 2 aromatic heterocycles. The molecule has 8 nitrogen and oxygen atoms in total. The first-order valence-electron chi connectivity index (χ1n) is 10.7. The van der Waals surface area contributed by atoms with Gasteiger partial charge in [-0.25, -0.2) is 4.98 Å². The number of aromatic nitrogens is 4. The molecule has 8 heteroatoms. The Balaban J connectivity index is 1.48. The highest BCUT2D eigenvalue weighted by molar-refractivity contribution is 5.91. The Morgan fingerprint density at radius 2 is 1.97 bits per heavy atom. The second kappa shape index (κ2) is 8.65. The lowest BCUT2D eigenvalue weighted by atomic mass is 9.93. The molecule has 30 heavy (non-hydrogen) atoms. The molecular formula is C22H32N6O2. The zero-order valence-corrected chi connectivity index (χ0v) is 18.2. The number of nitrogens with zero attached hydrogens (tertiary/aromatic N) is 4. The van der Waals surface area contributed by atoms with Crippen molar-refractivity contribution >= 4 is 22.5 Å². The number of aryl methyl sites for hydroxylation is 3. The van der Waals surface area contributed by atoms with Gasteiger partial charge in [0.15, 0.2) is 5.82 Å². The largest absolute Gasteiger partial charge is 0.490 e. The zero-order valence-electron chi connectivity index (χ0n) is 18.2. The van der Waals surface area contributed by atoms with E-state index in [4.69, 9.17) is 4.74 Å². The summed E-state index contributed by atoms with van der Waals surface area (Å²) in [5.74, 6) is 1.64. The van der Waals surface area contributed by atoms with Crippen LogP contribution in [0.4, 0.5) is 11.5 Å². The third-order valence-electron chi connectivity index (χ3n) is 5.86. The first kappa shape index (κ1) is 20.7. The maximum absolute atomic E-state index is 9.46. The van der Waals surface area contributed by atoms with Crippen LogP contribution in [0.25, 0.3) is 11.0 Å². The van der Waals surface area contributed by atoms with E-state index in [1.54, 1.807) is 0 Å². The van der Waals surface area contributed by atoms with E-state index < -0.39 is 0 Å². The average molecular weight is 413 g/mol. The van der Waals surface area contributed by atoms with E-state index in [0.29, 0.717) is 12.6 Å². The van der Waals surface area contributed by atoms with Gasteiger partial charge in [0.05, 0.1) is 29.7 Å². The number of hydrogen-bond acceptors (Lipinski definition) is 6. The number of ether oxygens (including phenoxy) is 1. The number of nitrogens with one attached hydrogen (secondary N) is 2. The second-order valence-electron chi connectivity index (χ2n) is 8.46. The normalized spacial score (nSPS) is 20.4. The Hall–Kier alpha value is -2.58. The monoisotopic (exact) mass is 412 g/mol. The number of rotatable bonds is 7. The molecule has 4 rings (SSSR count). The summed E-state index contributed by atoms with van der Waals surface area (Å²) in [6, 6.07) is 6.57. The number of hydrogen-bond donors (Lipinski definition) is 3. The number of aliphatic hydroxyl groups excluding tert-OH is 1. The van der Waals surface area contributed by atoms with Crippen molar-refractivity contribution < 1.29 is 9.84 Å². The van der Waals surface area contributed by atoms with Crippen molar-refractivity contribution in [2.75, 3.05) is 11.9 Å². The molecule has 0 bridgehead atoms. The summed E-state index contributed by atoms with van der Waals surface area (Å²) in [5, 5.41) is 20.8. The molecule has 1 saturated carbocycles. The zero-order chi connectivity index (χ0) is 21.3. The molecule has 0 spiro atoms. The van der Waals surface area contributed by atoms with Crippen LogP contribution in [0.2, 0.25) is 0 Å². The van der Waals surface area contributed by atoms with Crippen molar-refractivity contribution in [1.82, 2.24) is 24.6 Å². The molecule has 0 radical (unpaired) electrons. The van der Waals surface area contributed by atoms with Gasteiger partial charge in [-0.05, 0) is 39.5 Å². The highest BCUT2D eigenvalue weighted by Gasteiger charge is 2.23. The van der Waals surface area contributed by atoms with E-state index in [-0.39, 0.29) is 12.2 Å². The number of anilines is 2.